The van der Waals surface area contributed by atoms with E-state index >= 15 is 0 Å². The third kappa shape index (κ3) is 4.88. The van der Waals surface area contributed by atoms with Gasteiger partial charge in [0.15, 0.2) is 0 Å². The molecule has 0 spiro atoms. The zero-order valence-electron chi connectivity index (χ0n) is 11.3. The average Bonchev–Trinajstić information content (AvgIpc) is 2.36. The van der Waals surface area contributed by atoms with Crippen LogP contribution in [0.2, 0.25) is 0 Å². The zero-order valence-corrected chi connectivity index (χ0v) is 11.3. The molecule has 3 nitrogen and oxygen atoms in total. The molecule has 0 aromatic heterocycles. The summed E-state index contributed by atoms with van der Waals surface area (Å²) in [5.41, 5.74) is 0. The van der Waals surface area contributed by atoms with E-state index in [-0.39, 0.29) is 5.97 Å². The molecule has 0 aliphatic carbocycles. The Hall–Kier alpha value is -1.35. The Labute approximate surface area is 109 Å². The molecule has 18 heavy (non-hydrogen) atoms. The van der Waals surface area contributed by atoms with Gasteiger partial charge in [-0.1, -0.05) is 32.0 Å². The molecule has 0 bridgehead atoms. The van der Waals surface area contributed by atoms with Crippen LogP contribution >= 0.6 is 0 Å². The van der Waals surface area contributed by atoms with Gasteiger partial charge in [0.2, 0.25) is 0 Å². The number of ether oxygens (including phenoxy) is 1. The minimum Gasteiger partial charge on any atom is -0.426 e. The number of carbonyl (C=O) groups excluding carboxylic acids is 1. The number of esters is 1. The predicted molar refractivity (Wildman–Crippen MR) is 71.3 cm³/mol. The highest BCUT2D eigenvalue weighted by Gasteiger charge is 2.23. The third-order valence-corrected chi connectivity index (χ3v) is 2.95. The average molecular weight is 250 g/mol. The van der Waals surface area contributed by atoms with E-state index in [4.69, 9.17) is 4.74 Å². The molecule has 1 aromatic rings. The molecule has 1 N–H and O–H groups in total. The van der Waals surface area contributed by atoms with Gasteiger partial charge in [-0.3, -0.25) is 4.79 Å². The summed E-state index contributed by atoms with van der Waals surface area (Å²) in [5.74, 6) is 0.170. The summed E-state index contributed by atoms with van der Waals surface area (Å²) >= 11 is 0. The molecule has 1 rings (SSSR count). The van der Waals surface area contributed by atoms with E-state index in [0.717, 1.165) is 6.42 Å². The van der Waals surface area contributed by atoms with Crippen molar-refractivity contribution < 1.29 is 14.6 Å². The van der Waals surface area contributed by atoms with Crippen molar-refractivity contribution in [3.05, 3.63) is 30.3 Å². The molecule has 100 valence electrons. The van der Waals surface area contributed by atoms with Gasteiger partial charge in [0.25, 0.3) is 0 Å². The molecule has 1 aromatic carbocycles. The fourth-order valence-corrected chi connectivity index (χ4v) is 1.61. The predicted octanol–water partition coefficient (Wildman–Crippen LogP) is 3.03. The van der Waals surface area contributed by atoms with E-state index in [0.29, 0.717) is 18.1 Å². The van der Waals surface area contributed by atoms with Crippen molar-refractivity contribution in [1.29, 1.82) is 0 Å². The van der Waals surface area contributed by atoms with Gasteiger partial charge in [-0.25, -0.2) is 0 Å². The van der Waals surface area contributed by atoms with Crippen molar-refractivity contribution in [2.24, 2.45) is 11.8 Å². The Morgan fingerprint density at radius 2 is 1.78 bits per heavy atom. The van der Waals surface area contributed by atoms with Crippen LogP contribution in [0.1, 0.15) is 33.6 Å². The Morgan fingerprint density at radius 3 is 2.33 bits per heavy atom. The molecule has 0 heterocycles. The van der Waals surface area contributed by atoms with E-state index in [9.17, 15) is 9.90 Å². The number of aliphatic hydroxyl groups is 1. The van der Waals surface area contributed by atoms with Gasteiger partial charge >= 0.3 is 5.97 Å². The molecule has 0 radical (unpaired) electrons. The van der Waals surface area contributed by atoms with Crippen molar-refractivity contribution in [2.75, 3.05) is 0 Å². The maximum atomic E-state index is 11.8. The largest absolute Gasteiger partial charge is 0.426 e. The zero-order chi connectivity index (χ0) is 13.5. The third-order valence-electron chi connectivity index (χ3n) is 2.95. The number of aliphatic hydroxyl groups excluding tert-OH is 1. The SMILES string of the molecule is CC(C)CC[C@H](O)[C@@H](C)C(=O)Oc1ccccc1. The highest BCUT2D eigenvalue weighted by Crippen LogP contribution is 2.17. The summed E-state index contributed by atoms with van der Waals surface area (Å²) in [6, 6.07) is 8.93. The molecule has 0 fully saturated rings. The second-order valence-corrected chi connectivity index (χ2v) is 5.06. The first-order chi connectivity index (χ1) is 8.50. The smallest absolute Gasteiger partial charge is 0.316 e. The number of hydrogen-bond donors (Lipinski definition) is 1. The number of hydrogen-bond acceptors (Lipinski definition) is 3. The van der Waals surface area contributed by atoms with Crippen LogP contribution in [0.25, 0.3) is 0 Å². The quantitative estimate of drug-likeness (QED) is 0.623. The van der Waals surface area contributed by atoms with Gasteiger partial charge in [-0.2, -0.15) is 0 Å². The van der Waals surface area contributed by atoms with Crippen LogP contribution in [0.3, 0.4) is 0 Å². The molecule has 0 saturated carbocycles. The van der Waals surface area contributed by atoms with Crippen molar-refractivity contribution in [3.63, 3.8) is 0 Å². The lowest BCUT2D eigenvalue weighted by Crippen LogP contribution is -2.29. The van der Waals surface area contributed by atoms with Crippen LogP contribution in [-0.4, -0.2) is 17.2 Å². The molecule has 2 atom stereocenters. The Kier molecular flexibility index (Phi) is 5.86. The van der Waals surface area contributed by atoms with Crippen molar-refractivity contribution in [3.8, 4) is 5.75 Å². The van der Waals surface area contributed by atoms with Gasteiger partial charge in [-0.15, -0.1) is 0 Å². The highest BCUT2D eigenvalue weighted by molar-refractivity contribution is 5.75. The van der Waals surface area contributed by atoms with E-state index in [1.807, 2.05) is 18.2 Å². The Morgan fingerprint density at radius 1 is 1.17 bits per heavy atom. The molecule has 0 unspecified atom stereocenters. The van der Waals surface area contributed by atoms with Crippen molar-refractivity contribution >= 4 is 5.97 Å². The minimum absolute atomic E-state index is 0.377. The summed E-state index contributed by atoms with van der Waals surface area (Å²) in [6.45, 7) is 5.90. The summed E-state index contributed by atoms with van der Waals surface area (Å²) in [7, 11) is 0. The number of rotatable bonds is 6. The van der Waals surface area contributed by atoms with Crippen LogP contribution in [-0.2, 0) is 4.79 Å². The topological polar surface area (TPSA) is 46.5 Å². The molecular weight excluding hydrogens is 228 g/mol. The van der Waals surface area contributed by atoms with Crippen molar-refractivity contribution in [1.82, 2.24) is 0 Å². The summed E-state index contributed by atoms with van der Waals surface area (Å²) in [6.07, 6.45) is 0.899. The van der Waals surface area contributed by atoms with E-state index in [1.54, 1.807) is 19.1 Å². The second kappa shape index (κ2) is 7.17. The maximum Gasteiger partial charge on any atom is 0.316 e. The van der Waals surface area contributed by atoms with Crippen LogP contribution in [0.15, 0.2) is 30.3 Å². The first-order valence-electron chi connectivity index (χ1n) is 6.45. The monoisotopic (exact) mass is 250 g/mol. The standard InChI is InChI=1S/C15H22O3/c1-11(2)9-10-14(16)12(3)15(17)18-13-7-5-4-6-8-13/h4-8,11-12,14,16H,9-10H2,1-3H3/t12-,14+/m1/s1. The number of benzene rings is 1. The number of carbonyl (C=O) groups is 1. The molecule has 3 heteroatoms. The second-order valence-electron chi connectivity index (χ2n) is 5.06. The van der Waals surface area contributed by atoms with Gasteiger partial charge < -0.3 is 9.84 Å². The first kappa shape index (κ1) is 14.7. The highest BCUT2D eigenvalue weighted by atomic mass is 16.5. The van der Waals surface area contributed by atoms with E-state index in [2.05, 4.69) is 13.8 Å². The van der Waals surface area contributed by atoms with Crippen LogP contribution < -0.4 is 4.74 Å². The molecule has 0 aliphatic heterocycles. The lowest BCUT2D eigenvalue weighted by Gasteiger charge is -2.18. The molecule has 0 aliphatic rings. The van der Waals surface area contributed by atoms with Gasteiger partial charge in [-0.05, 0) is 37.8 Å². The van der Waals surface area contributed by atoms with Crippen molar-refractivity contribution in [2.45, 2.75) is 39.7 Å². The summed E-state index contributed by atoms with van der Waals surface area (Å²) in [4.78, 5) is 11.8. The van der Waals surface area contributed by atoms with Gasteiger partial charge in [0, 0.05) is 0 Å². The van der Waals surface area contributed by atoms with Gasteiger partial charge in [0.05, 0.1) is 12.0 Å². The normalized spacial score (nSPS) is 14.3. The lowest BCUT2D eigenvalue weighted by molar-refractivity contribution is -0.142. The van der Waals surface area contributed by atoms with Crippen LogP contribution in [0.4, 0.5) is 0 Å². The maximum absolute atomic E-state index is 11.8. The van der Waals surface area contributed by atoms with Gasteiger partial charge in [0.1, 0.15) is 5.75 Å². The fraction of sp³-hybridized carbons (Fsp3) is 0.533. The van der Waals surface area contributed by atoms with Crippen LogP contribution in [0, 0.1) is 11.8 Å². The molecule has 0 saturated heterocycles. The molecular formula is C15H22O3. The summed E-state index contributed by atoms with van der Waals surface area (Å²) in [5, 5.41) is 9.91. The Balaban J connectivity index is 2.46. The lowest BCUT2D eigenvalue weighted by atomic mass is 9.97. The Bertz CT molecular complexity index is 359. The number of para-hydroxylation sites is 1. The summed E-state index contributed by atoms with van der Waals surface area (Å²) < 4.78 is 5.21. The first-order valence-corrected chi connectivity index (χ1v) is 6.45. The fourth-order valence-electron chi connectivity index (χ4n) is 1.61. The minimum atomic E-state index is -0.636. The van der Waals surface area contributed by atoms with Crippen LogP contribution in [0.5, 0.6) is 5.75 Å². The molecule has 0 amide bonds. The van der Waals surface area contributed by atoms with E-state index < -0.39 is 12.0 Å². The van der Waals surface area contributed by atoms with E-state index in [1.165, 1.54) is 0 Å².